The molecule has 1 amide bonds. The minimum atomic E-state index is 0. The molecule has 2 bridgehead atoms. The van der Waals surface area contributed by atoms with E-state index in [0.29, 0.717) is 5.75 Å². The van der Waals surface area contributed by atoms with Gasteiger partial charge in [0.05, 0.1) is 5.75 Å². The van der Waals surface area contributed by atoms with Gasteiger partial charge in [0.1, 0.15) is 4.87 Å². The number of carbonyl (C=O) groups is 1. The number of hydrogen-bond acceptors (Lipinski definition) is 3. The highest BCUT2D eigenvalue weighted by Crippen LogP contribution is 2.45. The number of carbonyl (C=O) groups excluding carboxylic acids is 1. The van der Waals surface area contributed by atoms with Gasteiger partial charge in [-0.25, -0.2) is 0 Å². The molecule has 1 unspecified atom stereocenters. The highest BCUT2D eigenvalue weighted by molar-refractivity contribution is 8.01. The third-order valence-corrected chi connectivity index (χ3v) is 5.00. The van der Waals surface area contributed by atoms with E-state index < -0.39 is 0 Å². The van der Waals surface area contributed by atoms with Crippen molar-refractivity contribution in [2.24, 2.45) is 5.92 Å². The minimum absolute atomic E-state index is 0. The van der Waals surface area contributed by atoms with Crippen LogP contribution in [0, 0.1) is 5.92 Å². The van der Waals surface area contributed by atoms with Gasteiger partial charge in [-0.15, -0.1) is 11.8 Å². The zero-order chi connectivity index (χ0) is 8.89. The van der Waals surface area contributed by atoms with E-state index in [1.165, 1.54) is 25.9 Å². The lowest BCUT2D eigenvalue weighted by atomic mass is 9.83. The molecule has 0 aromatic rings. The van der Waals surface area contributed by atoms with Gasteiger partial charge in [0.2, 0.25) is 5.91 Å². The lowest BCUT2D eigenvalue weighted by Gasteiger charge is -2.50. The number of halogens is 1. The van der Waals surface area contributed by atoms with E-state index in [-0.39, 0.29) is 23.2 Å². The van der Waals surface area contributed by atoms with Crippen LogP contribution in [0.25, 0.3) is 0 Å². The molecule has 1 N–H and O–H groups in total. The Bertz CT molecular complexity index is 255. The van der Waals surface area contributed by atoms with E-state index in [2.05, 4.69) is 10.2 Å². The highest BCUT2D eigenvalue weighted by atomic mass is 35.5. The Balaban J connectivity index is 0.000000750. The van der Waals surface area contributed by atoms with Crippen molar-refractivity contribution in [3.63, 3.8) is 0 Å². The Kier molecular flexibility index (Phi) is 2.70. The first-order valence-electron chi connectivity index (χ1n) is 4.96. The molecule has 5 heteroatoms. The van der Waals surface area contributed by atoms with Crippen molar-refractivity contribution in [1.29, 1.82) is 0 Å². The number of nitrogens with zero attached hydrogens (tertiary/aromatic N) is 1. The zero-order valence-electron chi connectivity index (χ0n) is 7.96. The van der Waals surface area contributed by atoms with Gasteiger partial charge in [-0.05, 0) is 31.8 Å². The molecule has 4 rings (SSSR count). The normalized spacial score (nSPS) is 45.0. The van der Waals surface area contributed by atoms with Crippen LogP contribution >= 0.6 is 11.8 Å². The Morgan fingerprint density at radius 1 is 1.43 bits per heavy atom. The number of nitrogens with one attached hydrogen (secondary N) is 1. The number of fused-ring (bicyclic) bond motifs is 2. The summed E-state index contributed by atoms with van der Waals surface area (Å²) in [6.07, 6.45) is 2.54. The third-order valence-electron chi connectivity index (χ3n) is 3.52. The van der Waals surface area contributed by atoms with Crippen LogP contribution in [0.4, 0.5) is 0 Å². The molecule has 0 aromatic carbocycles. The number of hydrogen-bond donors (Lipinski definition) is 1. The molecule has 0 aliphatic carbocycles. The predicted molar refractivity (Wildman–Crippen MR) is 52.5 cm³/mol. The SMILES string of the molecule is O=C1CSC2(CN3CCC2CC3)N1.[Cl-]. The molecular formula is C9H14ClN2OS-. The second-order valence-electron chi connectivity index (χ2n) is 4.28. The molecule has 1 atom stereocenters. The molecule has 0 aromatic heterocycles. The van der Waals surface area contributed by atoms with Crippen molar-refractivity contribution in [3.8, 4) is 0 Å². The summed E-state index contributed by atoms with van der Waals surface area (Å²) < 4.78 is 0. The average Bonchev–Trinajstić information content (AvgIpc) is 2.49. The van der Waals surface area contributed by atoms with Crippen LogP contribution in [0.2, 0.25) is 0 Å². The fourth-order valence-corrected chi connectivity index (χ4v) is 4.22. The van der Waals surface area contributed by atoms with Crippen molar-refractivity contribution >= 4 is 17.7 Å². The van der Waals surface area contributed by atoms with E-state index in [9.17, 15) is 4.79 Å². The minimum Gasteiger partial charge on any atom is -1.00 e. The second kappa shape index (κ2) is 3.58. The summed E-state index contributed by atoms with van der Waals surface area (Å²) in [5.41, 5.74) is 0. The molecule has 0 saturated carbocycles. The number of rotatable bonds is 0. The summed E-state index contributed by atoms with van der Waals surface area (Å²) in [4.78, 5) is 13.8. The fourth-order valence-electron chi connectivity index (χ4n) is 2.83. The largest absolute Gasteiger partial charge is 1.00 e. The highest BCUT2D eigenvalue weighted by Gasteiger charge is 2.50. The van der Waals surface area contributed by atoms with Crippen LogP contribution in [0.3, 0.4) is 0 Å². The van der Waals surface area contributed by atoms with E-state index >= 15 is 0 Å². The lowest BCUT2D eigenvalue weighted by Crippen LogP contribution is -3.00. The predicted octanol–water partition coefficient (Wildman–Crippen LogP) is -2.72. The van der Waals surface area contributed by atoms with Crippen LogP contribution < -0.4 is 17.7 Å². The molecule has 4 aliphatic heterocycles. The summed E-state index contributed by atoms with van der Waals surface area (Å²) in [5, 5.41) is 3.18. The van der Waals surface area contributed by atoms with Crippen molar-refractivity contribution in [1.82, 2.24) is 10.2 Å². The first kappa shape index (κ1) is 10.6. The van der Waals surface area contributed by atoms with E-state index in [1.807, 2.05) is 11.8 Å². The monoisotopic (exact) mass is 233 g/mol. The summed E-state index contributed by atoms with van der Waals surface area (Å²) in [6.45, 7) is 3.56. The molecule has 1 spiro atoms. The Morgan fingerprint density at radius 3 is 2.57 bits per heavy atom. The standard InChI is InChI=1S/C9H14N2OS.ClH/c12-8-5-13-9(10-8)6-11-3-1-7(9)2-4-11;/h7H,1-6H2,(H,10,12);1H/p-1. The number of piperidine rings is 3. The van der Waals surface area contributed by atoms with Gasteiger partial charge in [-0.2, -0.15) is 0 Å². The molecule has 14 heavy (non-hydrogen) atoms. The fraction of sp³-hybridized carbons (Fsp3) is 0.889. The second-order valence-corrected chi connectivity index (χ2v) is 5.58. The van der Waals surface area contributed by atoms with E-state index in [1.54, 1.807) is 0 Å². The maximum atomic E-state index is 11.2. The molecule has 4 heterocycles. The Labute approximate surface area is 94.4 Å². The zero-order valence-corrected chi connectivity index (χ0v) is 9.53. The molecule has 0 radical (unpaired) electrons. The van der Waals surface area contributed by atoms with Gasteiger partial charge < -0.3 is 22.6 Å². The maximum Gasteiger partial charge on any atom is 0.231 e. The van der Waals surface area contributed by atoms with Crippen LogP contribution in [0.1, 0.15) is 12.8 Å². The molecule has 3 nitrogen and oxygen atoms in total. The number of thioether (sulfide) groups is 1. The summed E-state index contributed by atoms with van der Waals surface area (Å²) in [7, 11) is 0. The Hall–Kier alpha value is 0.0700. The smallest absolute Gasteiger partial charge is 0.231 e. The lowest BCUT2D eigenvalue weighted by molar-refractivity contribution is -0.120. The third kappa shape index (κ3) is 1.44. The molecule has 80 valence electrons. The summed E-state index contributed by atoms with van der Waals surface area (Å²) in [6, 6.07) is 0. The topological polar surface area (TPSA) is 32.3 Å². The van der Waals surface area contributed by atoms with E-state index in [0.717, 1.165) is 12.5 Å². The quantitative estimate of drug-likeness (QED) is 0.494. The van der Waals surface area contributed by atoms with Crippen molar-refractivity contribution in [2.45, 2.75) is 17.7 Å². The van der Waals surface area contributed by atoms with Gasteiger partial charge in [-0.3, -0.25) is 4.79 Å². The Morgan fingerprint density at radius 2 is 2.14 bits per heavy atom. The molecular weight excluding hydrogens is 220 g/mol. The van der Waals surface area contributed by atoms with Gasteiger partial charge in [0, 0.05) is 6.54 Å². The van der Waals surface area contributed by atoms with Crippen LogP contribution in [0.15, 0.2) is 0 Å². The molecule has 4 aliphatic rings. The van der Waals surface area contributed by atoms with Gasteiger partial charge in [0.15, 0.2) is 0 Å². The van der Waals surface area contributed by atoms with Gasteiger partial charge in [-0.1, -0.05) is 0 Å². The molecule has 4 fully saturated rings. The van der Waals surface area contributed by atoms with Gasteiger partial charge >= 0.3 is 0 Å². The average molecular weight is 234 g/mol. The van der Waals surface area contributed by atoms with Crippen LogP contribution in [-0.4, -0.2) is 41.1 Å². The summed E-state index contributed by atoms with van der Waals surface area (Å²) >= 11 is 1.83. The first-order valence-corrected chi connectivity index (χ1v) is 5.94. The maximum absolute atomic E-state index is 11.2. The first-order chi connectivity index (χ1) is 6.28. The van der Waals surface area contributed by atoms with Crippen molar-refractivity contribution < 1.29 is 17.2 Å². The number of amides is 1. The van der Waals surface area contributed by atoms with Crippen LogP contribution in [0.5, 0.6) is 0 Å². The van der Waals surface area contributed by atoms with Gasteiger partial charge in [0.25, 0.3) is 0 Å². The molecule has 4 saturated heterocycles. The van der Waals surface area contributed by atoms with E-state index in [4.69, 9.17) is 0 Å². The van der Waals surface area contributed by atoms with Crippen molar-refractivity contribution in [3.05, 3.63) is 0 Å². The summed E-state index contributed by atoms with van der Waals surface area (Å²) in [5.74, 6) is 1.64. The van der Waals surface area contributed by atoms with Crippen molar-refractivity contribution in [2.75, 3.05) is 25.4 Å². The van der Waals surface area contributed by atoms with Crippen LogP contribution in [-0.2, 0) is 4.79 Å².